The van der Waals surface area contributed by atoms with Gasteiger partial charge in [0.1, 0.15) is 0 Å². The molecule has 0 aromatic rings. The molecule has 1 rings (SSSR count). The fraction of sp³-hybridized carbons (Fsp3) is 0.714. The molecule has 8 heavy (non-hydrogen) atoms. The minimum absolute atomic E-state index is 0.782. The highest BCUT2D eigenvalue weighted by atomic mass is 15.1. The van der Waals surface area contributed by atoms with Crippen LogP contribution in [0.1, 0.15) is 6.42 Å². The Balaban J connectivity index is 2.26. The van der Waals surface area contributed by atoms with Crippen molar-refractivity contribution < 1.29 is 0 Å². The molecule has 0 unspecified atom stereocenters. The number of nitrogens with zero attached hydrogens (tertiary/aromatic N) is 1. The average Bonchev–Trinajstić information content (AvgIpc) is 2.42. The van der Waals surface area contributed by atoms with Gasteiger partial charge in [0.25, 0.3) is 0 Å². The monoisotopic (exact) mass is 111 g/mol. The Labute approximate surface area is 51.0 Å². The summed E-state index contributed by atoms with van der Waals surface area (Å²) in [5, 5.41) is 0. The van der Waals surface area contributed by atoms with Gasteiger partial charge in [-0.3, -0.25) is 0 Å². The molecular formula is C7H13N. The summed E-state index contributed by atoms with van der Waals surface area (Å²) in [6, 6.07) is 0.799. The van der Waals surface area contributed by atoms with E-state index in [0.717, 1.165) is 12.0 Å². The molecule has 1 fully saturated rings. The molecule has 1 aliphatic carbocycles. The Bertz CT molecular complexity index is 96.6. The molecular weight excluding hydrogens is 98.1 g/mol. The Hall–Kier alpha value is -0.300. The van der Waals surface area contributed by atoms with Crippen LogP contribution < -0.4 is 0 Å². The quantitative estimate of drug-likeness (QED) is 0.483. The van der Waals surface area contributed by atoms with E-state index in [4.69, 9.17) is 0 Å². The summed E-state index contributed by atoms with van der Waals surface area (Å²) in [4.78, 5) is 2.26. The zero-order valence-electron chi connectivity index (χ0n) is 5.59. The smallest absolute Gasteiger partial charge is 0.0159 e. The summed E-state index contributed by atoms with van der Waals surface area (Å²) in [6.45, 7) is 3.73. The van der Waals surface area contributed by atoms with Crippen molar-refractivity contribution in [3.05, 3.63) is 12.7 Å². The third kappa shape index (κ3) is 0.920. The molecule has 0 N–H and O–H groups in total. The van der Waals surface area contributed by atoms with E-state index in [1.54, 1.807) is 0 Å². The van der Waals surface area contributed by atoms with E-state index < -0.39 is 0 Å². The summed E-state index contributed by atoms with van der Waals surface area (Å²) in [5.41, 5.74) is 0. The summed E-state index contributed by atoms with van der Waals surface area (Å²) < 4.78 is 0. The molecule has 1 nitrogen and oxygen atoms in total. The first-order valence-electron chi connectivity index (χ1n) is 3.04. The molecule has 0 bridgehead atoms. The van der Waals surface area contributed by atoms with Crippen molar-refractivity contribution in [3.63, 3.8) is 0 Å². The SMILES string of the molecule is C=C[C@H]1C[C@@H]1N(C)C. The van der Waals surface area contributed by atoms with Crippen molar-refractivity contribution in [2.75, 3.05) is 14.1 Å². The molecule has 1 aliphatic rings. The van der Waals surface area contributed by atoms with Crippen molar-refractivity contribution in [2.45, 2.75) is 12.5 Å². The lowest BCUT2D eigenvalue weighted by Crippen LogP contribution is -2.15. The number of rotatable bonds is 2. The minimum Gasteiger partial charge on any atom is -0.306 e. The van der Waals surface area contributed by atoms with E-state index in [9.17, 15) is 0 Å². The van der Waals surface area contributed by atoms with Gasteiger partial charge in [-0.2, -0.15) is 0 Å². The van der Waals surface area contributed by atoms with Gasteiger partial charge in [-0.1, -0.05) is 6.08 Å². The lowest BCUT2D eigenvalue weighted by atomic mass is 10.4. The van der Waals surface area contributed by atoms with Gasteiger partial charge in [-0.25, -0.2) is 0 Å². The van der Waals surface area contributed by atoms with Crippen molar-refractivity contribution >= 4 is 0 Å². The van der Waals surface area contributed by atoms with Crippen LogP contribution in [0.3, 0.4) is 0 Å². The maximum absolute atomic E-state index is 3.73. The lowest BCUT2D eigenvalue weighted by Gasteiger charge is -2.05. The van der Waals surface area contributed by atoms with E-state index in [1.165, 1.54) is 6.42 Å². The van der Waals surface area contributed by atoms with Crippen molar-refractivity contribution in [3.8, 4) is 0 Å². The Morgan fingerprint density at radius 3 is 2.38 bits per heavy atom. The minimum atomic E-state index is 0.782. The second-order valence-corrected chi connectivity index (χ2v) is 2.67. The summed E-state index contributed by atoms with van der Waals surface area (Å²) in [7, 11) is 4.24. The molecule has 1 saturated carbocycles. The maximum Gasteiger partial charge on any atom is 0.0159 e. The molecule has 0 aromatic carbocycles. The van der Waals surface area contributed by atoms with Crippen LogP contribution in [0.5, 0.6) is 0 Å². The second-order valence-electron chi connectivity index (χ2n) is 2.67. The van der Waals surface area contributed by atoms with Crippen LogP contribution >= 0.6 is 0 Å². The highest BCUT2D eigenvalue weighted by Crippen LogP contribution is 2.34. The van der Waals surface area contributed by atoms with Crippen LogP contribution in [0.25, 0.3) is 0 Å². The van der Waals surface area contributed by atoms with Crippen LogP contribution in [0.2, 0.25) is 0 Å². The van der Waals surface area contributed by atoms with Crippen LogP contribution in [0, 0.1) is 5.92 Å². The van der Waals surface area contributed by atoms with Gasteiger partial charge in [0.2, 0.25) is 0 Å². The molecule has 0 aliphatic heterocycles. The maximum atomic E-state index is 3.73. The summed E-state index contributed by atoms with van der Waals surface area (Å²) >= 11 is 0. The fourth-order valence-corrected chi connectivity index (χ4v) is 1.05. The van der Waals surface area contributed by atoms with Crippen LogP contribution in [0.4, 0.5) is 0 Å². The highest BCUT2D eigenvalue weighted by Gasteiger charge is 2.35. The second kappa shape index (κ2) is 1.90. The standard InChI is InChI=1S/C7H13N/c1-4-6-5-7(6)8(2)3/h4,6-7H,1,5H2,2-3H3/t6-,7-/m0/s1. The molecule has 2 atom stereocenters. The number of hydrogen-bond acceptors (Lipinski definition) is 1. The van der Waals surface area contributed by atoms with Crippen molar-refractivity contribution in [1.29, 1.82) is 0 Å². The first kappa shape index (κ1) is 5.83. The first-order valence-corrected chi connectivity index (χ1v) is 3.04. The molecule has 46 valence electrons. The number of hydrogen-bond donors (Lipinski definition) is 0. The molecule has 0 radical (unpaired) electrons. The van der Waals surface area contributed by atoms with Gasteiger partial charge >= 0.3 is 0 Å². The topological polar surface area (TPSA) is 3.24 Å². The Kier molecular flexibility index (Phi) is 1.39. The van der Waals surface area contributed by atoms with Gasteiger partial charge in [0, 0.05) is 6.04 Å². The fourth-order valence-electron chi connectivity index (χ4n) is 1.05. The molecule has 0 saturated heterocycles. The Morgan fingerprint density at radius 1 is 1.62 bits per heavy atom. The molecule has 1 heteroatoms. The highest BCUT2D eigenvalue weighted by molar-refractivity contribution is 5.02. The van der Waals surface area contributed by atoms with Gasteiger partial charge in [-0.05, 0) is 26.4 Å². The van der Waals surface area contributed by atoms with Gasteiger partial charge in [0.15, 0.2) is 0 Å². The zero-order valence-corrected chi connectivity index (χ0v) is 5.59. The van der Waals surface area contributed by atoms with E-state index in [2.05, 4.69) is 25.6 Å². The zero-order chi connectivity index (χ0) is 6.15. The normalized spacial score (nSPS) is 35.4. The Morgan fingerprint density at radius 2 is 2.25 bits per heavy atom. The van der Waals surface area contributed by atoms with Gasteiger partial charge < -0.3 is 4.90 Å². The van der Waals surface area contributed by atoms with Crippen LogP contribution in [0.15, 0.2) is 12.7 Å². The van der Waals surface area contributed by atoms with E-state index in [-0.39, 0.29) is 0 Å². The molecule has 0 amide bonds. The van der Waals surface area contributed by atoms with Crippen molar-refractivity contribution in [2.24, 2.45) is 5.92 Å². The predicted octanol–water partition coefficient (Wildman–Crippen LogP) is 1.12. The van der Waals surface area contributed by atoms with Crippen LogP contribution in [-0.2, 0) is 0 Å². The molecule has 0 aromatic heterocycles. The predicted molar refractivity (Wildman–Crippen MR) is 35.8 cm³/mol. The van der Waals surface area contributed by atoms with Crippen molar-refractivity contribution in [1.82, 2.24) is 4.90 Å². The summed E-state index contributed by atoms with van der Waals surface area (Å²) in [6.07, 6.45) is 3.36. The lowest BCUT2D eigenvalue weighted by molar-refractivity contribution is 0.387. The first-order chi connectivity index (χ1) is 3.75. The third-order valence-corrected chi connectivity index (χ3v) is 1.77. The molecule has 0 heterocycles. The third-order valence-electron chi connectivity index (χ3n) is 1.77. The average molecular weight is 111 g/mol. The van der Waals surface area contributed by atoms with Gasteiger partial charge in [-0.15, -0.1) is 6.58 Å². The van der Waals surface area contributed by atoms with E-state index in [0.29, 0.717) is 0 Å². The van der Waals surface area contributed by atoms with E-state index >= 15 is 0 Å². The summed E-state index contributed by atoms with van der Waals surface area (Å²) in [5.74, 6) is 0.782. The van der Waals surface area contributed by atoms with Crippen LogP contribution in [-0.4, -0.2) is 25.0 Å². The van der Waals surface area contributed by atoms with E-state index in [1.807, 2.05) is 6.08 Å². The van der Waals surface area contributed by atoms with Gasteiger partial charge in [0.05, 0.1) is 0 Å². The molecule has 0 spiro atoms. The largest absolute Gasteiger partial charge is 0.306 e.